The molecule has 0 aliphatic carbocycles. The average molecular weight is 374 g/mol. The van der Waals surface area contributed by atoms with Crippen molar-refractivity contribution >= 4 is 11.9 Å². The number of pyridine rings is 1. The minimum atomic E-state index is -1.62. The number of carboxylic acid groups (broad SMARTS) is 1. The minimum Gasteiger partial charge on any atom is -0.506 e. The number of carboxylic acids is 1. The lowest BCUT2D eigenvalue weighted by atomic mass is 9.72. The Bertz CT molecular complexity index is 857. The Morgan fingerprint density at radius 3 is 2.59 bits per heavy atom. The van der Waals surface area contributed by atoms with Crippen LogP contribution in [0.3, 0.4) is 0 Å². The zero-order chi connectivity index (χ0) is 19.6. The van der Waals surface area contributed by atoms with E-state index in [0.29, 0.717) is 5.56 Å². The number of carbonyl (C=O) groups is 2. The van der Waals surface area contributed by atoms with Crippen LogP contribution < -0.4 is 0 Å². The minimum absolute atomic E-state index is 0.0498. The van der Waals surface area contributed by atoms with Crippen LogP contribution in [0, 0.1) is 11.2 Å². The Kier molecular flexibility index (Phi) is 5.09. The molecule has 2 heterocycles. The number of aliphatic hydroxyl groups is 1. The summed E-state index contributed by atoms with van der Waals surface area (Å²) in [5, 5.41) is 29.9. The topological polar surface area (TPSA) is 111 Å². The molecule has 1 aliphatic rings. The predicted octanol–water partition coefficient (Wildman–Crippen LogP) is 1.45. The summed E-state index contributed by atoms with van der Waals surface area (Å²) in [7, 11) is 0. The third-order valence-electron chi connectivity index (χ3n) is 4.90. The molecule has 1 saturated heterocycles. The molecule has 0 saturated carbocycles. The van der Waals surface area contributed by atoms with E-state index >= 15 is 0 Å². The molecule has 2 aromatic rings. The van der Waals surface area contributed by atoms with E-state index in [9.17, 15) is 29.3 Å². The van der Waals surface area contributed by atoms with Gasteiger partial charge in [-0.1, -0.05) is 12.1 Å². The van der Waals surface area contributed by atoms with Crippen LogP contribution in [0.25, 0.3) is 0 Å². The molecule has 1 aliphatic heterocycles. The summed E-state index contributed by atoms with van der Waals surface area (Å²) in [5.74, 6) is -2.32. The third kappa shape index (κ3) is 3.75. The molecular weight excluding hydrogens is 355 g/mol. The molecule has 7 nitrogen and oxygen atoms in total. The Balaban J connectivity index is 1.89. The van der Waals surface area contributed by atoms with Gasteiger partial charge in [-0.2, -0.15) is 0 Å². The van der Waals surface area contributed by atoms with E-state index in [4.69, 9.17) is 0 Å². The fourth-order valence-electron chi connectivity index (χ4n) is 3.41. The largest absolute Gasteiger partial charge is 0.506 e. The molecule has 8 heteroatoms. The first-order chi connectivity index (χ1) is 12.8. The Morgan fingerprint density at radius 2 is 1.96 bits per heavy atom. The van der Waals surface area contributed by atoms with Crippen molar-refractivity contribution in [2.24, 2.45) is 5.41 Å². The number of benzene rings is 1. The Hall–Kier alpha value is -3.00. The normalized spacial score (nSPS) is 22.4. The van der Waals surface area contributed by atoms with Crippen LogP contribution in [0.15, 0.2) is 42.7 Å². The van der Waals surface area contributed by atoms with Crippen molar-refractivity contribution < 1.29 is 29.3 Å². The highest BCUT2D eigenvalue weighted by molar-refractivity contribution is 5.95. The fraction of sp³-hybridized carbons (Fsp3) is 0.316. The highest BCUT2D eigenvalue weighted by Crippen LogP contribution is 2.35. The van der Waals surface area contributed by atoms with Crippen LogP contribution in [-0.4, -0.2) is 56.3 Å². The van der Waals surface area contributed by atoms with Crippen molar-refractivity contribution in [1.82, 2.24) is 9.88 Å². The van der Waals surface area contributed by atoms with Gasteiger partial charge in [0.05, 0.1) is 17.9 Å². The molecule has 0 radical (unpaired) electrons. The maximum absolute atomic E-state index is 13.1. The highest BCUT2D eigenvalue weighted by atomic mass is 19.1. The molecule has 1 aromatic carbocycles. The molecular formula is C19H19FN2O5. The number of carbonyl (C=O) groups excluding carboxylic acids is 1. The van der Waals surface area contributed by atoms with Gasteiger partial charge in [-0.3, -0.25) is 14.6 Å². The van der Waals surface area contributed by atoms with Crippen molar-refractivity contribution in [3.05, 3.63) is 59.7 Å². The van der Waals surface area contributed by atoms with Crippen molar-refractivity contribution in [1.29, 1.82) is 0 Å². The van der Waals surface area contributed by atoms with Crippen molar-refractivity contribution in [3.8, 4) is 5.75 Å². The predicted molar refractivity (Wildman–Crippen MR) is 92.6 cm³/mol. The lowest BCUT2D eigenvalue weighted by molar-refractivity contribution is -0.161. The molecule has 1 fully saturated rings. The number of nitrogens with zero attached hydrogens (tertiary/aromatic N) is 2. The number of aliphatic hydroxyl groups excluding tert-OH is 1. The summed E-state index contributed by atoms with van der Waals surface area (Å²) < 4.78 is 13.1. The van der Waals surface area contributed by atoms with Gasteiger partial charge in [-0.05, 0) is 36.6 Å². The molecule has 1 amide bonds. The van der Waals surface area contributed by atoms with Crippen molar-refractivity contribution in [3.63, 3.8) is 0 Å². The summed E-state index contributed by atoms with van der Waals surface area (Å²) in [6, 6.07) is 6.63. The number of piperidine rings is 1. The van der Waals surface area contributed by atoms with Crippen molar-refractivity contribution in [2.45, 2.75) is 18.9 Å². The first kappa shape index (κ1) is 18.8. The van der Waals surface area contributed by atoms with Gasteiger partial charge in [0.25, 0.3) is 5.91 Å². The average Bonchev–Trinajstić information content (AvgIpc) is 2.64. The second kappa shape index (κ2) is 7.32. The van der Waals surface area contributed by atoms with E-state index < -0.39 is 29.2 Å². The Morgan fingerprint density at radius 1 is 1.26 bits per heavy atom. The van der Waals surface area contributed by atoms with E-state index in [1.807, 2.05) is 0 Å². The first-order valence-corrected chi connectivity index (χ1v) is 8.41. The molecule has 3 rings (SSSR count). The van der Waals surface area contributed by atoms with Gasteiger partial charge in [0.2, 0.25) is 0 Å². The van der Waals surface area contributed by atoms with Gasteiger partial charge < -0.3 is 20.2 Å². The summed E-state index contributed by atoms with van der Waals surface area (Å²) in [6.07, 6.45) is 1.35. The van der Waals surface area contributed by atoms with Gasteiger partial charge in [0.1, 0.15) is 17.0 Å². The van der Waals surface area contributed by atoms with Crippen LogP contribution in [0.5, 0.6) is 5.75 Å². The summed E-state index contributed by atoms with van der Waals surface area (Å²) in [5.41, 5.74) is -0.936. The molecule has 3 N–H and O–H groups in total. The quantitative estimate of drug-likeness (QED) is 0.747. The second-order valence-electron chi connectivity index (χ2n) is 6.73. The standard InChI is InChI=1S/C19H19FN2O5/c20-14-3-1-12(2-4-14)8-19(18(26)27)11-22(6-5-16(19)24)17(25)13-7-15(23)10-21-9-13/h1-4,7,9-10,16,23-24H,5-6,8,11H2,(H,26,27)/t16-,19-/m1/s1. The van der Waals surface area contributed by atoms with E-state index in [1.165, 1.54) is 47.6 Å². The maximum atomic E-state index is 13.1. The van der Waals surface area contributed by atoms with Crippen LogP contribution >= 0.6 is 0 Å². The van der Waals surface area contributed by atoms with Gasteiger partial charge >= 0.3 is 5.97 Å². The summed E-state index contributed by atoms with van der Waals surface area (Å²) in [4.78, 5) is 29.9. The SMILES string of the molecule is O=C(c1cncc(O)c1)N1CC[C@@H](O)[C@](Cc2ccc(F)cc2)(C(=O)O)C1. The van der Waals surface area contributed by atoms with Crippen LogP contribution in [0.1, 0.15) is 22.3 Å². The zero-order valence-corrected chi connectivity index (χ0v) is 14.4. The third-order valence-corrected chi connectivity index (χ3v) is 4.90. The van der Waals surface area contributed by atoms with E-state index in [-0.39, 0.29) is 37.2 Å². The number of aromatic hydroxyl groups is 1. The molecule has 1 aromatic heterocycles. The molecule has 142 valence electrons. The van der Waals surface area contributed by atoms with Gasteiger partial charge in [0, 0.05) is 19.3 Å². The lowest BCUT2D eigenvalue weighted by Gasteiger charge is -2.43. The van der Waals surface area contributed by atoms with Crippen LogP contribution in [0.4, 0.5) is 4.39 Å². The first-order valence-electron chi connectivity index (χ1n) is 8.41. The number of aromatic nitrogens is 1. The molecule has 0 spiro atoms. The number of amides is 1. The maximum Gasteiger partial charge on any atom is 0.314 e. The summed E-state index contributed by atoms with van der Waals surface area (Å²) >= 11 is 0. The van der Waals surface area contributed by atoms with E-state index in [0.717, 1.165) is 0 Å². The lowest BCUT2D eigenvalue weighted by Crippen LogP contribution is -2.58. The number of hydrogen-bond acceptors (Lipinski definition) is 5. The number of aliphatic carboxylic acids is 1. The summed E-state index contributed by atoms with van der Waals surface area (Å²) in [6.45, 7) is -0.0382. The number of rotatable bonds is 4. The molecule has 27 heavy (non-hydrogen) atoms. The van der Waals surface area contributed by atoms with E-state index in [1.54, 1.807) is 0 Å². The Labute approximate surface area is 154 Å². The molecule has 2 atom stereocenters. The van der Waals surface area contributed by atoms with Gasteiger partial charge in [-0.25, -0.2) is 4.39 Å². The van der Waals surface area contributed by atoms with Crippen LogP contribution in [-0.2, 0) is 11.2 Å². The smallest absolute Gasteiger partial charge is 0.314 e. The number of hydrogen-bond donors (Lipinski definition) is 3. The van der Waals surface area contributed by atoms with E-state index in [2.05, 4.69) is 4.98 Å². The molecule has 0 bridgehead atoms. The van der Waals surface area contributed by atoms with Crippen LogP contribution in [0.2, 0.25) is 0 Å². The molecule has 0 unspecified atom stereocenters. The number of halogens is 1. The number of likely N-dealkylation sites (tertiary alicyclic amines) is 1. The highest BCUT2D eigenvalue weighted by Gasteiger charge is 2.50. The van der Waals surface area contributed by atoms with Gasteiger partial charge in [0.15, 0.2) is 0 Å². The van der Waals surface area contributed by atoms with Gasteiger partial charge in [-0.15, -0.1) is 0 Å². The van der Waals surface area contributed by atoms with Crippen molar-refractivity contribution in [2.75, 3.05) is 13.1 Å². The fourth-order valence-corrected chi connectivity index (χ4v) is 3.41. The monoisotopic (exact) mass is 374 g/mol. The second-order valence-corrected chi connectivity index (χ2v) is 6.73. The zero-order valence-electron chi connectivity index (χ0n) is 14.4.